The predicted molar refractivity (Wildman–Crippen MR) is 139 cm³/mol. The van der Waals surface area contributed by atoms with Crippen LogP contribution >= 0.6 is 23.2 Å². The van der Waals surface area contributed by atoms with Crippen LogP contribution in [0.15, 0.2) is 77.7 Å². The molecule has 35 heavy (non-hydrogen) atoms. The first kappa shape index (κ1) is 25.2. The highest BCUT2D eigenvalue weighted by atomic mass is 35.5. The van der Waals surface area contributed by atoms with Gasteiger partial charge in [0, 0.05) is 36.2 Å². The SMILES string of the molecule is COc1ccccc1N1CCN(C(=O)CN(c2cc(Cl)cc(Cl)c2)S(=O)(=O)c2ccccc2)CC1. The highest BCUT2D eigenvalue weighted by Gasteiger charge is 2.31. The molecular formula is C25H25Cl2N3O4S. The Morgan fingerprint density at radius 3 is 2.14 bits per heavy atom. The molecule has 184 valence electrons. The normalized spacial score (nSPS) is 14.0. The number of carbonyl (C=O) groups excluding carboxylic acids is 1. The number of benzene rings is 3. The maximum absolute atomic E-state index is 13.5. The number of para-hydroxylation sites is 2. The summed E-state index contributed by atoms with van der Waals surface area (Å²) in [4.78, 5) is 17.2. The number of nitrogens with zero attached hydrogens (tertiary/aromatic N) is 3. The zero-order valence-corrected chi connectivity index (χ0v) is 21.4. The molecule has 0 bridgehead atoms. The van der Waals surface area contributed by atoms with Gasteiger partial charge in [0.15, 0.2) is 0 Å². The number of anilines is 2. The molecule has 3 aromatic rings. The minimum absolute atomic E-state index is 0.0740. The summed E-state index contributed by atoms with van der Waals surface area (Å²) >= 11 is 12.3. The lowest BCUT2D eigenvalue weighted by Crippen LogP contribution is -2.52. The minimum atomic E-state index is -4.04. The van der Waals surface area contributed by atoms with E-state index in [1.165, 1.54) is 30.3 Å². The van der Waals surface area contributed by atoms with Gasteiger partial charge >= 0.3 is 0 Å². The van der Waals surface area contributed by atoms with E-state index in [9.17, 15) is 13.2 Å². The van der Waals surface area contributed by atoms with Crippen LogP contribution in [-0.2, 0) is 14.8 Å². The molecule has 0 N–H and O–H groups in total. The topological polar surface area (TPSA) is 70.2 Å². The number of halogens is 2. The fraction of sp³-hybridized carbons (Fsp3) is 0.240. The van der Waals surface area contributed by atoms with Crippen LogP contribution in [0, 0.1) is 0 Å². The highest BCUT2D eigenvalue weighted by Crippen LogP contribution is 2.31. The van der Waals surface area contributed by atoms with Crippen LogP contribution in [0.3, 0.4) is 0 Å². The molecule has 1 fully saturated rings. The molecule has 0 atom stereocenters. The van der Waals surface area contributed by atoms with E-state index in [-0.39, 0.29) is 33.1 Å². The third kappa shape index (κ3) is 5.66. The maximum atomic E-state index is 13.5. The lowest BCUT2D eigenvalue weighted by atomic mass is 10.2. The van der Waals surface area contributed by atoms with Gasteiger partial charge in [-0.3, -0.25) is 9.10 Å². The van der Waals surface area contributed by atoms with E-state index >= 15 is 0 Å². The van der Waals surface area contributed by atoms with E-state index in [4.69, 9.17) is 27.9 Å². The van der Waals surface area contributed by atoms with E-state index in [0.717, 1.165) is 15.7 Å². The summed E-state index contributed by atoms with van der Waals surface area (Å²) < 4.78 is 33.6. The summed E-state index contributed by atoms with van der Waals surface area (Å²) in [6.45, 7) is 1.72. The minimum Gasteiger partial charge on any atom is -0.495 e. The van der Waals surface area contributed by atoms with Crippen molar-refractivity contribution in [3.63, 3.8) is 0 Å². The molecule has 0 aromatic heterocycles. The largest absolute Gasteiger partial charge is 0.495 e. The molecule has 10 heteroatoms. The summed E-state index contributed by atoms with van der Waals surface area (Å²) in [5.41, 5.74) is 1.19. The monoisotopic (exact) mass is 533 g/mol. The molecule has 1 aliphatic rings. The Bertz CT molecular complexity index is 1280. The molecule has 1 heterocycles. The van der Waals surface area contributed by atoms with Gasteiger partial charge in [-0.15, -0.1) is 0 Å². The first-order valence-corrected chi connectivity index (χ1v) is 13.2. The predicted octanol–water partition coefficient (Wildman–Crippen LogP) is 4.55. The second-order valence-corrected chi connectivity index (χ2v) is 10.7. The molecular weight excluding hydrogens is 509 g/mol. The van der Waals surface area contributed by atoms with Crippen LogP contribution in [0.25, 0.3) is 0 Å². The van der Waals surface area contributed by atoms with Crippen LogP contribution in [-0.4, -0.2) is 59.1 Å². The van der Waals surface area contributed by atoms with Crippen molar-refractivity contribution in [1.82, 2.24) is 4.90 Å². The molecule has 3 aromatic carbocycles. The van der Waals surface area contributed by atoms with Crippen LogP contribution in [0.4, 0.5) is 11.4 Å². The average Bonchev–Trinajstić information content (AvgIpc) is 2.87. The lowest BCUT2D eigenvalue weighted by molar-refractivity contribution is -0.129. The second-order valence-electron chi connectivity index (χ2n) is 7.99. The third-order valence-corrected chi connectivity index (χ3v) is 8.03. The van der Waals surface area contributed by atoms with Crippen molar-refractivity contribution < 1.29 is 17.9 Å². The van der Waals surface area contributed by atoms with E-state index in [2.05, 4.69) is 4.90 Å². The van der Waals surface area contributed by atoms with Crippen molar-refractivity contribution in [2.45, 2.75) is 4.90 Å². The number of hydrogen-bond donors (Lipinski definition) is 0. The van der Waals surface area contributed by atoms with Gasteiger partial charge in [-0.2, -0.15) is 0 Å². The average molecular weight is 534 g/mol. The number of amides is 1. The van der Waals surface area contributed by atoms with Crippen LogP contribution in [0.5, 0.6) is 5.75 Å². The maximum Gasteiger partial charge on any atom is 0.264 e. The Morgan fingerprint density at radius 2 is 1.51 bits per heavy atom. The first-order valence-electron chi connectivity index (χ1n) is 11.0. The van der Waals surface area contributed by atoms with E-state index in [0.29, 0.717) is 26.2 Å². The summed E-state index contributed by atoms with van der Waals surface area (Å²) in [5.74, 6) is 0.463. The van der Waals surface area contributed by atoms with E-state index < -0.39 is 10.0 Å². The van der Waals surface area contributed by atoms with Crippen molar-refractivity contribution in [2.24, 2.45) is 0 Å². The molecule has 4 rings (SSSR count). The highest BCUT2D eigenvalue weighted by molar-refractivity contribution is 7.92. The zero-order chi connectivity index (χ0) is 25.0. The standard InChI is InChI=1S/C25H25Cl2N3O4S/c1-34-24-10-6-5-9-23(24)28-11-13-29(14-12-28)25(31)18-30(21-16-19(26)15-20(27)17-21)35(32,33)22-7-3-2-4-8-22/h2-10,15-17H,11-14,18H2,1H3. The summed E-state index contributed by atoms with van der Waals surface area (Å²) in [7, 11) is -2.42. The molecule has 1 aliphatic heterocycles. The van der Waals surface area contributed by atoms with Crippen LogP contribution in [0.2, 0.25) is 10.0 Å². The van der Waals surface area contributed by atoms with Gasteiger partial charge in [0.25, 0.3) is 10.0 Å². The number of carbonyl (C=O) groups is 1. The smallest absolute Gasteiger partial charge is 0.264 e. The molecule has 0 aliphatic carbocycles. The fourth-order valence-electron chi connectivity index (χ4n) is 4.03. The molecule has 7 nitrogen and oxygen atoms in total. The van der Waals surface area contributed by atoms with Crippen molar-refractivity contribution in [2.75, 3.05) is 49.0 Å². The Morgan fingerprint density at radius 1 is 0.914 bits per heavy atom. The van der Waals surface area contributed by atoms with Gasteiger partial charge in [-0.1, -0.05) is 53.5 Å². The Kier molecular flexibility index (Phi) is 7.74. The van der Waals surface area contributed by atoms with Gasteiger partial charge in [-0.05, 0) is 42.5 Å². The Hall–Kier alpha value is -2.94. The number of rotatable bonds is 7. The van der Waals surface area contributed by atoms with Gasteiger partial charge < -0.3 is 14.5 Å². The number of ether oxygens (including phenoxy) is 1. The van der Waals surface area contributed by atoms with Crippen LogP contribution < -0.4 is 13.9 Å². The summed E-state index contributed by atoms with van der Waals surface area (Å²) in [6, 6.07) is 20.2. The molecule has 0 unspecified atom stereocenters. The number of methoxy groups -OCH3 is 1. The van der Waals surface area contributed by atoms with Crippen LogP contribution in [0.1, 0.15) is 0 Å². The van der Waals surface area contributed by atoms with Gasteiger partial charge in [0.2, 0.25) is 5.91 Å². The number of sulfonamides is 1. The fourth-order valence-corrected chi connectivity index (χ4v) is 5.96. The summed E-state index contributed by atoms with van der Waals surface area (Å²) in [5, 5.41) is 0.553. The third-order valence-electron chi connectivity index (χ3n) is 5.80. The van der Waals surface area contributed by atoms with Gasteiger partial charge in [0.05, 0.1) is 23.4 Å². The molecule has 0 radical (unpaired) electrons. The lowest BCUT2D eigenvalue weighted by Gasteiger charge is -2.37. The van der Waals surface area contributed by atoms with E-state index in [1.54, 1.807) is 30.2 Å². The second kappa shape index (κ2) is 10.8. The van der Waals surface area contributed by atoms with Gasteiger partial charge in [-0.25, -0.2) is 8.42 Å². The van der Waals surface area contributed by atoms with E-state index in [1.807, 2.05) is 24.3 Å². The first-order chi connectivity index (χ1) is 16.8. The molecule has 0 spiro atoms. The van der Waals surface area contributed by atoms with Gasteiger partial charge in [0.1, 0.15) is 12.3 Å². The molecule has 1 saturated heterocycles. The van der Waals surface area contributed by atoms with Crippen molar-refractivity contribution in [1.29, 1.82) is 0 Å². The van der Waals surface area contributed by atoms with Crippen molar-refractivity contribution in [3.8, 4) is 5.75 Å². The zero-order valence-electron chi connectivity index (χ0n) is 19.1. The quantitative estimate of drug-likeness (QED) is 0.445. The molecule has 0 saturated carbocycles. The number of hydrogen-bond acceptors (Lipinski definition) is 5. The van der Waals surface area contributed by atoms with Crippen molar-refractivity contribution in [3.05, 3.63) is 82.8 Å². The summed E-state index contributed by atoms with van der Waals surface area (Å²) in [6.07, 6.45) is 0. The Labute approximate surface area is 215 Å². The number of piperazine rings is 1. The molecule has 1 amide bonds. The Balaban J connectivity index is 1.55. The van der Waals surface area contributed by atoms with Crippen molar-refractivity contribution >= 4 is 50.5 Å².